The molecule has 82 valence electrons. The van der Waals surface area contributed by atoms with Crippen LogP contribution in [0.1, 0.15) is 18.6 Å². The number of aryl methyl sites for hydroxylation is 1. The van der Waals surface area contributed by atoms with Crippen LogP contribution in [-0.4, -0.2) is 23.5 Å². The van der Waals surface area contributed by atoms with E-state index in [0.717, 1.165) is 0 Å². The fraction of sp³-hybridized carbons (Fsp3) is 0.333. The lowest BCUT2D eigenvalue weighted by atomic mass is 9.48. The number of hydrogen-bond acceptors (Lipinski definition) is 6. The Balaban J connectivity index is 2.07. The zero-order chi connectivity index (χ0) is 11.3. The van der Waals surface area contributed by atoms with Crippen LogP contribution in [0.5, 0.6) is 0 Å². The van der Waals surface area contributed by atoms with Gasteiger partial charge in [-0.25, -0.2) is 4.98 Å². The second-order valence-corrected chi connectivity index (χ2v) is 4.01. The van der Waals surface area contributed by atoms with Crippen molar-refractivity contribution in [2.45, 2.75) is 19.8 Å². The number of nitrogens with zero attached hydrogens (tertiary/aromatic N) is 1. The molecule has 7 heteroatoms. The van der Waals surface area contributed by atoms with Crippen molar-refractivity contribution in [2.75, 3.05) is 0 Å². The summed E-state index contributed by atoms with van der Waals surface area (Å²) in [6.07, 6.45) is 1.71. The fourth-order valence-electron chi connectivity index (χ4n) is 2.17. The average molecular weight is 221 g/mol. The Morgan fingerprint density at radius 2 is 1.94 bits per heavy atom. The van der Waals surface area contributed by atoms with Crippen LogP contribution in [0.2, 0.25) is 0 Å². The van der Waals surface area contributed by atoms with E-state index in [4.69, 9.17) is 13.7 Å². The minimum atomic E-state index is -2.24. The number of carbonyl (C=O) groups is 2. The molecule has 0 bridgehead atoms. The number of hydrogen-bond donors (Lipinski definition) is 0. The van der Waals surface area contributed by atoms with E-state index in [1.54, 1.807) is 6.92 Å². The largest absolute Gasteiger partial charge is 0.640 e. The van der Waals surface area contributed by atoms with Gasteiger partial charge in [-0.2, -0.15) is 0 Å². The average Bonchev–Trinajstić information content (AvgIpc) is 2.78. The van der Waals surface area contributed by atoms with Crippen molar-refractivity contribution < 1.29 is 23.3 Å². The van der Waals surface area contributed by atoms with E-state index < -0.39 is 18.5 Å². The molecule has 0 atom stereocenters. The minimum Gasteiger partial charge on any atom is -0.607 e. The van der Waals surface area contributed by atoms with Crippen LogP contribution in [0.4, 0.5) is 0 Å². The molecule has 0 amide bonds. The Morgan fingerprint density at radius 3 is 2.44 bits per heavy atom. The first-order valence-corrected chi connectivity index (χ1v) is 4.96. The van der Waals surface area contributed by atoms with Crippen molar-refractivity contribution in [3.63, 3.8) is 0 Å². The zero-order valence-electron chi connectivity index (χ0n) is 8.56. The number of aromatic nitrogens is 1. The van der Waals surface area contributed by atoms with E-state index >= 15 is 0 Å². The maximum Gasteiger partial charge on any atom is 0.640 e. The first kappa shape index (κ1) is 9.32. The van der Waals surface area contributed by atoms with Gasteiger partial charge in [-0.1, -0.05) is 0 Å². The van der Waals surface area contributed by atoms with Gasteiger partial charge in [0.15, 0.2) is 5.79 Å². The predicted octanol–water partition coefficient (Wildman–Crippen LogP) is -0.360. The summed E-state index contributed by atoms with van der Waals surface area (Å²) in [6.45, 7) is -0.518. The minimum absolute atomic E-state index is 0.104. The Hall–Kier alpha value is -1.92. The maximum atomic E-state index is 11.3. The first-order valence-electron chi connectivity index (χ1n) is 4.96. The molecule has 1 aromatic rings. The van der Waals surface area contributed by atoms with Gasteiger partial charge in [0.2, 0.25) is 0 Å². The Morgan fingerprint density at radius 1 is 1.31 bits per heavy atom. The molecule has 0 spiro atoms. The van der Waals surface area contributed by atoms with E-state index in [-0.39, 0.29) is 18.6 Å². The third-order valence-corrected chi connectivity index (χ3v) is 2.84. The fourth-order valence-corrected chi connectivity index (χ4v) is 2.17. The summed E-state index contributed by atoms with van der Waals surface area (Å²) >= 11 is 0. The summed E-state index contributed by atoms with van der Waals surface area (Å²) in [6, 6.07) is 0. The highest BCUT2D eigenvalue weighted by atomic mass is 16.7. The summed E-state index contributed by atoms with van der Waals surface area (Å²) in [5, 5.41) is 0. The van der Waals surface area contributed by atoms with Gasteiger partial charge < -0.3 is 13.7 Å². The van der Waals surface area contributed by atoms with Gasteiger partial charge in [-0.05, 0) is 6.92 Å². The van der Waals surface area contributed by atoms with Crippen molar-refractivity contribution in [3.8, 4) is 0 Å². The van der Waals surface area contributed by atoms with Crippen molar-refractivity contribution in [1.82, 2.24) is 4.98 Å². The van der Waals surface area contributed by atoms with E-state index in [0.29, 0.717) is 11.6 Å². The molecule has 2 aliphatic rings. The third kappa shape index (κ3) is 1.08. The van der Waals surface area contributed by atoms with Crippen molar-refractivity contribution in [2.24, 2.45) is 0 Å². The van der Waals surface area contributed by atoms with Gasteiger partial charge >= 0.3 is 18.5 Å². The van der Waals surface area contributed by atoms with Crippen LogP contribution < -0.4 is 5.79 Å². The first-order chi connectivity index (χ1) is 7.60. The SMILES string of the molecule is Cc1cnc([B-]23OC(=O)C[C+]2CC(=O)O3)o1. The number of oxazole rings is 1. The van der Waals surface area contributed by atoms with Gasteiger partial charge in [0.1, 0.15) is 18.6 Å². The van der Waals surface area contributed by atoms with Crippen LogP contribution >= 0.6 is 0 Å². The lowest BCUT2D eigenvalue weighted by molar-refractivity contribution is -0.138. The monoisotopic (exact) mass is 221 g/mol. The Labute approximate surface area is 90.9 Å². The molecular formula is C9H8BNO5. The molecular weight excluding hydrogens is 213 g/mol. The molecule has 16 heavy (non-hydrogen) atoms. The quantitative estimate of drug-likeness (QED) is 0.475. The van der Waals surface area contributed by atoms with Crippen molar-refractivity contribution in [3.05, 3.63) is 17.8 Å². The molecule has 6 nitrogen and oxygen atoms in total. The Bertz CT molecular complexity index is 462. The van der Waals surface area contributed by atoms with Crippen LogP contribution in [0.15, 0.2) is 10.6 Å². The van der Waals surface area contributed by atoms with Crippen molar-refractivity contribution >= 4 is 24.3 Å². The molecule has 0 unspecified atom stereocenters. The highest BCUT2D eigenvalue weighted by Crippen LogP contribution is 2.39. The third-order valence-electron chi connectivity index (χ3n) is 2.84. The predicted molar refractivity (Wildman–Crippen MR) is 51.3 cm³/mol. The number of fused-ring (bicyclic) bond motifs is 1. The summed E-state index contributed by atoms with van der Waals surface area (Å²) in [5.41, 5.74) is 0. The molecule has 0 radical (unpaired) electrons. The number of carbonyl (C=O) groups excluding carboxylic acids is 2. The molecule has 0 aliphatic carbocycles. The van der Waals surface area contributed by atoms with E-state index in [2.05, 4.69) is 4.98 Å². The van der Waals surface area contributed by atoms with E-state index in [1.807, 2.05) is 0 Å². The van der Waals surface area contributed by atoms with Crippen molar-refractivity contribution in [1.29, 1.82) is 0 Å². The molecule has 0 saturated carbocycles. The van der Waals surface area contributed by atoms with Gasteiger partial charge in [0, 0.05) is 5.82 Å². The summed E-state index contributed by atoms with van der Waals surface area (Å²) in [4.78, 5) is 26.5. The smallest absolute Gasteiger partial charge is 0.607 e. The van der Waals surface area contributed by atoms with Crippen LogP contribution in [0, 0.1) is 12.7 Å². The topological polar surface area (TPSA) is 78.6 Å². The second kappa shape index (κ2) is 2.81. The normalized spacial score (nSPS) is 21.9. The molecule has 2 aliphatic heterocycles. The lowest BCUT2D eigenvalue weighted by Crippen LogP contribution is -2.53. The summed E-state index contributed by atoms with van der Waals surface area (Å²) < 4.78 is 15.6. The van der Waals surface area contributed by atoms with Crippen LogP contribution in [0.3, 0.4) is 0 Å². The molecule has 2 fully saturated rings. The highest BCUT2D eigenvalue weighted by molar-refractivity contribution is 6.89. The summed E-state index contributed by atoms with van der Waals surface area (Å²) in [7, 11) is 0. The van der Waals surface area contributed by atoms with Gasteiger partial charge in [0.25, 0.3) is 0 Å². The Kier molecular flexibility index (Phi) is 1.64. The molecule has 2 saturated heterocycles. The van der Waals surface area contributed by atoms with E-state index in [1.165, 1.54) is 6.20 Å². The number of rotatable bonds is 1. The maximum absolute atomic E-state index is 11.3. The zero-order valence-corrected chi connectivity index (χ0v) is 8.56. The van der Waals surface area contributed by atoms with Gasteiger partial charge in [0.05, 0.1) is 6.20 Å². The molecule has 0 N–H and O–H groups in total. The van der Waals surface area contributed by atoms with Crippen LogP contribution in [-0.2, 0) is 18.9 Å². The second-order valence-electron chi connectivity index (χ2n) is 4.01. The van der Waals surface area contributed by atoms with Gasteiger partial charge in [-0.15, -0.1) is 0 Å². The molecule has 1 aromatic heterocycles. The highest BCUT2D eigenvalue weighted by Gasteiger charge is 2.69. The molecule has 3 heterocycles. The van der Waals surface area contributed by atoms with Gasteiger partial charge in [-0.3, -0.25) is 9.59 Å². The standard InChI is InChI=1S/C9H8BNO5/c1-5-4-11-9(14-5)10-6(2-7(12)15-10)3-8(13)16-10/h4H,2-3H2,1H3. The molecule has 3 rings (SSSR count). The lowest BCUT2D eigenvalue weighted by Gasteiger charge is -2.20. The molecule has 0 aromatic carbocycles. The van der Waals surface area contributed by atoms with E-state index in [9.17, 15) is 9.59 Å². The van der Waals surface area contributed by atoms with Crippen LogP contribution in [0.25, 0.3) is 0 Å². The summed E-state index contributed by atoms with van der Waals surface area (Å²) in [5.74, 6) is 0.564.